The third-order valence-corrected chi connectivity index (χ3v) is 5.95. The van der Waals surface area contributed by atoms with Crippen LogP contribution in [0.15, 0.2) is 23.1 Å². The molecular formula is C14H20N2O2S2. The monoisotopic (exact) mass is 312 g/mol. The average molecular weight is 312 g/mol. The summed E-state index contributed by atoms with van der Waals surface area (Å²) in [6.07, 6.45) is 3.46. The second-order valence-corrected chi connectivity index (χ2v) is 7.91. The van der Waals surface area contributed by atoms with Crippen molar-refractivity contribution in [3.05, 3.63) is 29.3 Å². The maximum Gasteiger partial charge on any atom is 0.242 e. The Balaban J connectivity index is 2.24. The molecule has 0 atom stereocenters. The Labute approximate surface area is 126 Å². The number of rotatable bonds is 5. The summed E-state index contributed by atoms with van der Waals surface area (Å²) in [5.74, 6) is 0.506. The van der Waals surface area contributed by atoms with Gasteiger partial charge in [-0.15, -0.1) is 0 Å². The number of hydrogen-bond donors (Lipinski definition) is 1. The molecule has 0 aliphatic heterocycles. The molecule has 0 aromatic heterocycles. The molecule has 2 rings (SSSR count). The summed E-state index contributed by atoms with van der Waals surface area (Å²) in [6.45, 7) is 2.41. The van der Waals surface area contributed by atoms with Gasteiger partial charge in [0.15, 0.2) is 0 Å². The molecule has 6 heteroatoms. The third-order valence-electron chi connectivity index (χ3n) is 3.91. The SMILES string of the molecule is Cc1cc(S(=O)(=O)N(C)CC2CCC2)ccc1C(N)=S. The minimum atomic E-state index is -3.43. The maximum absolute atomic E-state index is 12.5. The largest absolute Gasteiger partial charge is 0.389 e. The smallest absolute Gasteiger partial charge is 0.242 e. The van der Waals surface area contributed by atoms with Gasteiger partial charge in [0.05, 0.1) is 4.90 Å². The summed E-state index contributed by atoms with van der Waals surface area (Å²) in [7, 11) is -1.78. The van der Waals surface area contributed by atoms with E-state index >= 15 is 0 Å². The van der Waals surface area contributed by atoms with E-state index in [-0.39, 0.29) is 4.99 Å². The molecule has 0 spiro atoms. The highest BCUT2D eigenvalue weighted by atomic mass is 32.2. The van der Waals surface area contributed by atoms with Crippen LogP contribution >= 0.6 is 12.2 Å². The van der Waals surface area contributed by atoms with E-state index in [1.54, 1.807) is 25.2 Å². The summed E-state index contributed by atoms with van der Waals surface area (Å²) in [5, 5.41) is 0. The van der Waals surface area contributed by atoms with Crippen LogP contribution in [-0.2, 0) is 10.0 Å². The number of aryl methyl sites for hydroxylation is 1. The topological polar surface area (TPSA) is 63.4 Å². The zero-order chi connectivity index (χ0) is 14.9. The standard InChI is InChI=1S/C14H20N2O2S2/c1-10-8-12(6-7-13(10)14(15)19)20(17,18)16(2)9-11-4-3-5-11/h6-8,11H,3-5,9H2,1-2H3,(H2,15,19). The molecule has 1 aliphatic rings. The minimum Gasteiger partial charge on any atom is -0.389 e. The van der Waals surface area contributed by atoms with Crippen LogP contribution in [0.25, 0.3) is 0 Å². The van der Waals surface area contributed by atoms with Gasteiger partial charge in [-0.2, -0.15) is 0 Å². The van der Waals surface area contributed by atoms with Gasteiger partial charge in [0.2, 0.25) is 10.0 Å². The fourth-order valence-corrected chi connectivity index (χ4v) is 3.95. The number of thiocarbonyl (C=S) groups is 1. The van der Waals surface area contributed by atoms with E-state index in [0.29, 0.717) is 17.4 Å². The number of hydrogen-bond acceptors (Lipinski definition) is 3. The molecule has 20 heavy (non-hydrogen) atoms. The molecule has 0 radical (unpaired) electrons. The van der Waals surface area contributed by atoms with Gasteiger partial charge in [0, 0.05) is 19.2 Å². The molecular weight excluding hydrogens is 292 g/mol. The van der Waals surface area contributed by atoms with Crippen molar-refractivity contribution in [1.82, 2.24) is 4.31 Å². The first-order valence-corrected chi connectivity index (χ1v) is 8.54. The lowest BCUT2D eigenvalue weighted by Gasteiger charge is -2.29. The molecule has 1 aliphatic carbocycles. The molecule has 0 saturated heterocycles. The van der Waals surface area contributed by atoms with Crippen molar-refractivity contribution in [2.75, 3.05) is 13.6 Å². The van der Waals surface area contributed by atoms with E-state index in [2.05, 4.69) is 0 Å². The normalized spacial score (nSPS) is 16.1. The highest BCUT2D eigenvalue weighted by molar-refractivity contribution is 7.89. The predicted octanol–water partition coefficient (Wildman–Crippen LogP) is 2.05. The van der Waals surface area contributed by atoms with Gasteiger partial charge in [0.25, 0.3) is 0 Å². The summed E-state index contributed by atoms with van der Waals surface area (Å²) in [6, 6.07) is 4.90. The third kappa shape index (κ3) is 3.02. The molecule has 4 nitrogen and oxygen atoms in total. The van der Waals surface area contributed by atoms with Crippen molar-refractivity contribution >= 4 is 27.2 Å². The van der Waals surface area contributed by atoms with Gasteiger partial charge in [-0.25, -0.2) is 12.7 Å². The van der Waals surface area contributed by atoms with E-state index < -0.39 is 10.0 Å². The lowest BCUT2D eigenvalue weighted by atomic mass is 9.86. The van der Waals surface area contributed by atoms with Crippen LogP contribution in [-0.4, -0.2) is 31.3 Å². The highest BCUT2D eigenvalue weighted by Crippen LogP contribution is 2.28. The Morgan fingerprint density at radius 1 is 1.45 bits per heavy atom. The van der Waals surface area contributed by atoms with Crippen molar-refractivity contribution in [1.29, 1.82) is 0 Å². The molecule has 1 aromatic rings. The summed E-state index contributed by atoms with van der Waals surface area (Å²) >= 11 is 4.94. The first-order chi connectivity index (χ1) is 9.32. The van der Waals surface area contributed by atoms with Crippen LogP contribution in [0.1, 0.15) is 30.4 Å². The summed E-state index contributed by atoms with van der Waals surface area (Å²) in [4.78, 5) is 0.589. The Kier molecular flexibility index (Phi) is 4.46. The number of nitrogens with two attached hydrogens (primary N) is 1. The van der Waals surface area contributed by atoms with Gasteiger partial charge in [-0.3, -0.25) is 0 Å². The van der Waals surface area contributed by atoms with Crippen molar-refractivity contribution in [2.24, 2.45) is 11.7 Å². The number of benzene rings is 1. The minimum absolute atomic E-state index is 0.286. The van der Waals surface area contributed by atoms with Crippen molar-refractivity contribution in [2.45, 2.75) is 31.1 Å². The zero-order valence-electron chi connectivity index (χ0n) is 11.8. The van der Waals surface area contributed by atoms with E-state index in [0.717, 1.165) is 24.0 Å². The van der Waals surface area contributed by atoms with E-state index in [4.69, 9.17) is 18.0 Å². The molecule has 110 valence electrons. The van der Waals surface area contributed by atoms with Crippen LogP contribution in [0.5, 0.6) is 0 Å². The van der Waals surface area contributed by atoms with Crippen LogP contribution in [0.4, 0.5) is 0 Å². The van der Waals surface area contributed by atoms with Crippen molar-refractivity contribution < 1.29 is 8.42 Å². The van der Waals surface area contributed by atoms with E-state index in [1.165, 1.54) is 10.7 Å². The predicted molar refractivity (Wildman–Crippen MR) is 84.2 cm³/mol. The fourth-order valence-electron chi connectivity index (χ4n) is 2.39. The van der Waals surface area contributed by atoms with Crippen molar-refractivity contribution in [3.63, 3.8) is 0 Å². The van der Waals surface area contributed by atoms with Crippen LogP contribution in [0.3, 0.4) is 0 Å². The van der Waals surface area contributed by atoms with Crippen molar-refractivity contribution in [3.8, 4) is 0 Å². The van der Waals surface area contributed by atoms with Crippen LogP contribution < -0.4 is 5.73 Å². The van der Waals surface area contributed by atoms with Gasteiger partial charge in [-0.05, 0) is 43.4 Å². The molecule has 0 unspecified atom stereocenters. The molecule has 1 fully saturated rings. The second-order valence-electron chi connectivity index (χ2n) is 5.42. The zero-order valence-corrected chi connectivity index (χ0v) is 13.4. The van der Waals surface area contributed by atoms with Gasteiger partial charge >= 0.3 is 0 Å². The lowest BCUT2D eigenvalue weighted by molar-refractivity contribution is 0.263. The molecule has 0 amide bonds. The average Bonchev–Trinajstić information content (AvgIpc) is 2.32. The number of sulfonamides is 1. The molecule has 1 aromatic carbocycles. The first kappa shape index (κ1) is 15.4. The van der Waals surface area contributed by atoms with Gasteiger partial charge in [-0.1, -0.05) is 24.7 Å². The van der Waals surface area contributed by atoms with Crippen LogP contribution in [0, 0.1) is 12.8 Å². The Morgan fingerprint density at radius 2 is 2.10 bits per heavy atom. The second kappa shape index (κ2) is 5.79. The Hall–Kier alpha value is -0.980. The van der Waals surface area contributed by atoms with Crippen LogP contribution in [0.2, 0.25) is 0 Å². The summed E-state index contributed by atoms with van der Waals surface area (Å²) < 4.78 is 26.5. The molecule has 0 heterocycles. The highest BCUT2D eigenvalue weighted by Gasteiger charge is 2.27. The summed E-state index contributed by atoms with van der Waals surface area (Å²) in [5.41, 5.74) is 7.11. The molecule has 2 N–H and O–H groups in total. The Bertz CT molecular complexity index is 622. The molecule has 1 saturated carbocycles. The number of nitrogens with zero attached hydrogens (tertiary/aromatic N) is 1. The Morgan fingerprint density at radius 3 is 2.55 bits per heavy atom. The fraction of sp³-hybridized carbons (Fsp3) is 0.500. The quantitative estimate of drug-likeness (QED) is 0.845. The lowest BCUT2D eigenvalue weighted by Crippen LogP contribution is -2.34. The molecule has 0 bridgehead atoms. The van der Waals surface area contributed by atoms with Gasteiger partial charge in [0.1, 0.15) is 4.99 Å². The van der Waals surface area contributed by atoms with Gasteiger partial charge < -0.3 is 5.73 Å². The maximum atomic E-state index is 12.5. The van der Waals surface area contributed by atoms with E-state index in [9.17, 15) is 8.42 Å². The first-order valence-electron chi connectivity index (χ1n) is 6.69. The van der Waals surface area contributed by atoms with E-state index in [1.807, 2.05) is 6.92 Å².